The molecule has 1 aliphatic rings. The average molecular weight is 354 g/mol. The van der Waals surface area contributed by atoms with E-state index in [1.807, 2.05) is 25.1 Å². The van der Waals surface area contributed by atoms with Crippen LogP contribution in [0.2, 0.25) is 0 Å². The Bertz CT molecular complexity index is 721. The highest BCUT2D eigenvalue weighted by molar-refractivity contribution is 5.93. The molecule has 0 bridgehead atoms. The fraction of sp³-hybridized carbons (Fsp3) is 0.435. The van der Waals surface area contributed by atoms with Gasteiger partial charge in [0.1, 0.15) is 0 Å². The van der Waals surface area contributed by atoms with Crippen molar-refractivity contribution in [1.29, 1.82) is 0 Å². The number of carbonyl (C=O) groups is 1. The number of rotatable bonds is 6. The van der Waals surface area contributed by atoms with E-state index in [4.69, 9.17) is 0 Å². The van der Waals surface area contributed by atoms with Gasteiger partial charge in [0.15, 0.2) is 0 Å². The first-order valence-corrected chi connectivity index (χ1v) is 9.22. The molecule has 0 saturated heterocycles. The minimum atomic E-state index is -0.391. The van der Waals surface area contributed by atoms with Gasteiger partial charge in [-0.15, -0.1) is 6.58 Å². The Hall–Kier alpha value is -2.13. The molecule has 3 atom stereocenters. The highest BCUT2D eigenvalue weighted by Crippen LogP contribution is 2.48. The molecule has 140 valence electrons. The molecule has 2 rings (SSSR count). The van der Waals surface area contributed by atoms with Crippen LogP contribution in [0, 0.1) is 24.2 Å². The summed E-state index contributed by atoms with van der Waals surface area (Å²) in [6, 6.07) is 7.24. The predicted octanol–water partition coefficient (Wildman–Crippen LogP) is 5.57. The summed E-state index contributed by atoms with van der Waals surface area (Å²) in [4.78, 5) is 12.4. The molecule has 1 N–H and O–H groups in total. The van der Waals surface area contributed by atoms with Crippen LogP contribution in [0.25, 0.3) is 0 Å². The summed E-state index contributed by atoms with van der Waals surface area (Å²) in [6.45, 7) is 18.7. The van der Waals surface area contributed by atoms with E-state index < -0.39 is 5.91 Å². The lowest BCUT2D eigenvalue weighted by atomic mass is 9.61. The quantitative estimate of drug-likeness (QED) is 0.413. The van der Waals surface area contributed by atoms with Crippen molar-refractivity contribution in [3.63, 3.8) is 0 Å². The summed E-state index contributed by atoms with van der Waals surface area (Å²) in [7, 11) is 0. The minimum Gasteiger partial charge on any atom is -0.285 e. The van der Waals surface area contributed by atoms with Crippen molar-refractivity contribution < 1.29 is 10.0 Å². The zero-order chi connectivity index (χ0) is 19.5. The summed E-state index contributed by atoms with van der Waals surface area (Å²) < 4.78 is 0. The molecule has 0 aromatic heterocycles. The molecule has 0 radical (unpaired) electrons. The van der Waals surface area contributed by atoms with Gasteiger partial charge in [-0.2, -0.15) is 0 Å². The smallest absolute Gasteiger partial charge is 0.277 e. The van der Waals surface area contributed by atoms with Crippen LogP contribution < -0.4 is 0 Å². The Morgan fingerprint density at radius 1 is 1.42 bits per heavy atom. The fourth-order valence-electron chi connectivity index (χ4n) is 4.03. The van der Waals surface area contributed by atoms with Gasteiger partial charge < -0.3 is 0 Å². The Labute approximate surface area is 157 Å². The summed E-state index contributed by atoms with van der Waals surface area (Å²) in [5.41, 5.74) is 3.58. The maximum atomic E-state index is 12.4. The van der Waals surface area contributed by atoms with Gasteiger partial charge in [-0.1, -0.05) is 55.0 Å². The topological polar surface area (TPSA) is 40.5 Å². The molecule has 0 heterocycles. The van der Waals surface area contributed by atoms with E-state index in [2.05, 4.69) is 33.6 Å². The predicted molar refractivity (Wildman–Crippen MR) is 107 cm³/mol. The van der Waals surface area contributed by atoms with Gasteiger partial charge in [-0.25, -0.2) is 5.06 Å². The molecule has 1 saturated carbocycles. The molecule has 1 aromatic carbocycles. The third-order valence-electron chi connectivity index (χ3n) is 5.84. The first-order valence-electron chi connectivity index (χ1n) is 9.22. The molecule has 0 spiro atoms. The van der Waals surface area contributed by atoms with Crippen molar-refractivity contribution in [1.82, 2.24) is 5.06 Å². The van der Waals surface area contributed by atoms with E-state index in [0.717, 1.165) is 41.0 Å². The normalized spacial score (nSPS) is 25.4. The fourth-order valence-corrected chi connectivity index (χ4v) is 4.03. The number of nitrogens with zero attached hydrogens (tertiary/aromatic N) is 1. The molecular formula is C23H31NO2. The molecule has 0 unspecified atom stereocenters. The lowest BCUT2D eigenvalue weighted by molar-refractivity contribution is -0.0532. The number of amides is 1. The second-order valence-corrected chi connectivity index (χ2v) is 7.97. The van der Waals surface area contributed by atoms with Crippen LogP contribution in [0.1, 0.15) is 49.0 Å². The Kier molecular flexibility index (Phi) is 6.25. The first kappa shape index (κ1) is 20.2. The zero-order valence-electron chi connectivity index (χ0n) is 16.3. The number of benzene rings is 1. The van der Waals surface area contributed by atoms with Crippen molar-refractivity contribution in [2.24, 2.45) is 17.3 Å². The molecule has 3 heteroatoms. The summed E-state index contributed by atoms with van der Waals surface area (Å²) in [5, 5.41) is 11.1. The van der Waals surface area contributed by atoms with E-state index >= 15 is 0 Å². The lowest BCUT2D eigenvalue weighted by Crippen LogP contribution is -2.36. The van der Waals surface area contributed by atoms with E-state index in [-0.39, 0.29) is 17.9 Å². The van der Waals surface area contributed by atoms with Crippen LogP contribution in [0.4, 0.5) is 0 Å². The number of hydroxylamine groups is 2. The summed E-state index contributed by atoms with van der Waals surface area (Å²) in [6.07, 6.45) is 4.97. The Balaban J connectivity index is 2.04. The maximum Gasteiger partial charge on any atom is 0.277 e. The highest BCUT2D eigenvalue weighted by atomic mass is 16.5. The van der Waals surface area contributed by atoms with Crippen molar-refractivity contribution in [3.8, 4) is 0 Å². The van der Waals surface area contributed by atoms with Gasteiger partial charge >= 0.3 is 0 Å². The van der Waals surface area contributed by atoms with Crippen molar-refractivity contribution >= 4 is 5.91 Å². The van der Waals surface area contributed by atoms with Crippen LogP contribution in [-0.2, 0) is 0 Å². The SMILES string of the molecule is C=C[C@]1(C)CC[C@@H](C(=C)CN(O)C(=O)c2cccc(C)c2)C[C@H]1C(=C)C. The van der Waals surface area contributed by atoms with Gasteiger partial charge in [0.25, 0.3) is 5.91 Å². The Morgan fingerprint density at radius 3 is 2.69 bits per heavy atom. The number of hydrogen-bond acceptors (Lipinski definition) is 2. The van der Waals surface area contributed by atoms with Gasteiger partial charge in [0.2, 0.25) is 0 Å². The standard InChI is InChI=1S/C23H31NO2/c1-7-23(6)12-11-19(14-21(23)16(2)3)18(5)15-24(26)22(25)20-10-8-9-17(4)13-20/h7-10,13,19,21,26H,1-2,5,11-12,14-15H2,3-4,6H3/t19-,21+,23-/m1/s1. The van der Waals surface area contributed by atoms with Gasteiger partial charge in [0, 0.05) is 5.56 Å². The van der Waals surface area contributed by atoms with Crippen LogP contribution in [0.5, 0.6) is 0 Å². The summed E-state index contributed by atoms with van der Waals surface area (Å²) >= 11 is 0. The summed E-state index contributed by atoms with van der Waals surface area (Å²) in [5.74, 6) is 0.220. The number of carbonyl (C=O) groups excluding carboxylic acids is 1. The van der Waals surface area contributed by atoms with Crippen LogP contribution in [-0.4, -0.2) is 22.7 Å². The third kappa shape index (κ3) is 4.34. The van der Waals surface area contributed by atoms with Crippen LogP contribution in [0.15, 0.2) is 61.2 Å². The molecule has 1 aromatic rings. The molecule has 3 nitrogen and oxygen atoms in total. The number of hydrogen-bond donors (Lipinski definition) is 1. The number of aryl methyl sites for hydroxylation is 1. The van der Waals surface area contributed by atoms with E-state index in [0.29, 0.717) is 11.5 Å². The monoisotopic (exact) mass is 353 g/mol. The largest absolute Gasteiger partial charge is 0.285 e. The number of allylic oxidation sites excluding steroid dienone is 2. The molecule has 1 aliphatic carbocycles. The Morgan fingerprint density at radius 2 is 2.12 bits per heavy atom. The second-order valence-electron chi connectivity index (χ2n) is 7.97. The van der Waals surface area contributed by atoms with Gasteiger partial charge in [0.05, 0.1) is 6.54 Å². The van der Waals surface area contributed by atoms with Crippen molar-refractivity contribution in [2.45, 2.75) is 40.0 Å². The zero-order valence-corrected chi connectivity index (χ0v) is 16.3. The molecule has 26 heavy (non-hydrogen) atoms. The average Bonchev–Trinajstić information content (AvgIpc) is 2.60. The van der Waals surface area contributed by atoms with Crippen molar-refractivity contribution in [2.75, 3.05) is 6.54 Å². The molecule has 1 fully saturated rings. The van der Waals surface area contributed by atoms with Crippen molar-refractivity contribution in [3.05, 3.63) is 72.4 Å². The minimum absolute atomic E-state index is 0.0545. The maximum absolute atomic E-state index is 12.4. The molecule has 0 aliphatic heterocycles. The van der Waals surface area contributed by atoms with Crippen LogP contribution >= 0.6 is 0 Å². The van der Waals surface area contributed by atoms with Gasteiger partial charge in [-0.3, -0.25) is 10.0 Å². The lowest BCUT2D eigenvalue weighted by Gasteiger charge is -2.44. The van der Waals surface area contributed by atoms with Gasteiger partial charge in [-0.05, 0) is 62.5 Å². The van der Waals surface area contributed by atoms with E-state index in [1.54, 1.807) is 12.1 Å². The second kappa shape index (κ2) is 8.05. The van der Waals surface area contributed by atoms with E-state index in [9.17, 15) is 10.0 Å². The molecule has 1 amide bonds. The van der Waals surface area contributed by atoms with Crippen LogP contribution in [0.3, 0.4) is 0 Å². The van der Waals surface area contributed by atoms with E-state index in [1.165, 1.54) is 0 Å². The first-order chi connectivity index (χ1) is 12.2. The third-order valence-corrected chi connectivity index (χ3v) is 5.84. The highest BCUT2D eigenvalue weighted by Gasteiger charge is 2.39. The molecular weight excluding hydrogens is 322 g/mol.